The number of fused-ring (bicyclic) bond motifs is 1. The van der Waals surface area contributed by atoms with Gasteiger partial charge in [-0.15, -0.1) is 5.10 Å². The zero-order valence-corrected chi connectivity index (χ0v) is 19.6. The summed E-state index contributed by atoms with van der Waals surface area (Å²) in [5, 5.41) is 13.5. The van der Waals surface area contributed by atoms with E-state index in [0.29, 0.717) is 17.9 Å². The van der Waals surface area contributed by atoms with Gasteiger partial charge in [0.25, 0.3) is 5.56 Å². The Morgan fingerprint density at radius 1 is 1.06 bits per heavy atom. The molecule has 0 radical (unpaired) electrons. The topological polar surface area (TPSA) is 82.9 Å². The summed E-state index contributed by atoms with van der Waals surface area (Å²) in [7, 11) is 2.10. The zero-order chi connectivity index (χ0) is 23.8. The van der Waals surface area contributed by atoms with E-state index in [-0.39, 0.29) is 11.4 Å². The number of piperazine rings is 1. The number of likely N-dealkylation sites (N-methyl/N-ethyl adjacent to an activating group) is 1. The van der Waals surface area contributed by atoms with Crippen molar-refractivity contribution in [1.29, 1.82) is 0 Å². The van der Waals surface area contributed by atoms with Gasteiger partial charge in [0.05, 0.1) is 12.1 Å². The molecule has 0 amide bonds. The number of nitrogens with zero attached hydrogens (tertiary/aromatic N) is 6. The standard InChI is InChI=1S/C25H28FN7O/c1-16-12-17(2)22-19(13-16)14-21(25(34)27-22)23(32-10-8-31(3)9-11-32)24-28-29-30-33(24)15-18-4-6-20(26)7-5-18/h4-7,12-14,23H,8-11,15H2,1-3H3,(H,27,34). The maximum absolute atomic E-state index is 13.4. The number of hydrogen-bond acceptors (Lipinski definition) is 6. The molecule has 0 aliphatic carbocycles. The van der Waals surface area contributed by atoms with Crippen molar-refractivity contribution in [3.05, 3.63) is 86.7 Å². The van der Waals surface area contributed by atoms with Gasteiger partial charge in [0.1, 0.15) is 11.9 Å². The molecule has 0 saturated carbocycles. The van der Waals surface area contributed by atoms with Gasteiger partial charge in [0, 0.05) is 31.7 Å². The van der Waals surface area contributed by atoms with Crippen LogP contribution in [0.3, 0.4) is 0 Å². The number of aryl methyl sites for hydroxylation is 2. The van der Waals surface area contributed by atoms with Crippen molar-refractivity contribution < 1.29 is 4.39 Å². The summed E-state index contributed by atoms with van der Waals surface area (Å²) in [4.78, 5) is 21.1. The second kappa shape index (κ2) is 9.08. The van der Waals surface area contributed by atoms with Crippen LogP contribution in [0.4, 0.5) is 4.39 Å². The lowest BCUT2D eigenvalue weighted by molar-refractivity contribution is 0.121. The predicted molar refractivity (Wildman–Crippen MR) is 128 cm³/mol. The highest BCUT2D eigenvalue weighted by Gasteiger charge is 2.32. The van der Waals surface area contributed by atoms with Crippen molar-refractivity contribution in [3.8, 4) is 0 Å². The molecule has 1 atom stereocenters. The first-order valence-electron chi connectivity index (χ1n) is 11.5. The Balaban J connectivity index is 1.62. The lowest BCUT2D eigenvalue weighted by Gasteiger charge is -2.37. The molecule has 1 aliphatic rings. The van der Waals surface area contributed by atoms with Crippen molar-refractivity contribution in [3.63, 3.8) is 0 Å². The summed E-state index contributed by atoms with van der Waals surface area (Å²) >= 11 is 0. The first-order chi connectivity index (χ1) is 16.4. The molecule has 1 saturated heterocycles. The van der Waals surface area contributed by atoms with Crippen LogP contribution in [-0.4, -0.2) is 68.2 Å². The lowest BCUT2D eigenvalue weighted by Crippen LogP contribution is -2.47. The maximum Gasteiger partial charge on any atom is 0.253 e. The normalized spacial score (nSPS) is 16.2. The second-order valence-electron chi connectivity index (χ2n) is 9.16. The van der Waals surface area contributed by atoms with E-state index in [1.807, 2.05) is 13.0 Å². The minimum Gasteiger partial charge on any atom is -0.321 e. The van der Waals surface area contributed by atoms with Gasteiger partial charge in [-0.05, 0) is 72.1 Å². The number of halogens is 1. The molecule has 34 heavy (non-hydrogen) atoms. The molecule has 1 N–H and O–H groups in total. The van der Waals surface area contributed by atoms with Gasteiger partial charge in [-0.1, -0.05) is 23.8 Å². The maximum atomic E-state index is 13.4. The smallest absolute Gasteiger partial charge is 0.253 e. The van der Waals surface area contributed by atoms with E-state index in [0.717, 1.165) is 53.8 Å². The Morgan fingerprint density at radius 3 is 2.53 bits per heavy atom. The number of hydrogen-bond donors (Lipinski definition) is 1. The number of aromatic amines is 1. The van der Waals surface area contributed by atoms with Gasteiger partial charge in [-0.25, -0.2) is 9.07 Å². The minimum atomic E-state index is -0.405. The van der Waals surface area contributed by atoms with Gasteiger partial charge < -0.3 is 9.88 Å². The Morgan fingerprint density at radius 2 is 1.79 bits per heavy atom. The van der Waals surface area contributed by atoms with Crippen molar-refractivity contribution in [2.75, 3.05) is 33.2 Å². The summed E-state index contributed by atoms with van der Waals surface area (Å²) in [5.41, 5.74) is 4.39. The highest BCUT2D eigenvalue weighted by Crippen LogP contribution is 2.29. The largest absolute Gasteiger partial charge is 0.321 e. The highest BCUT2D eigenvalue weighted by molar-refractivity contribution is 5.83. The van der Waals surface area contributed by atoms with Crippen molar-refractivity contribution in [2.45, 2.75) is 26.4 Å². The molecule has 0 spiro atoms. The highest BCUT2D eigenvalue weighted by atomic mass is 19.1. The van der Waals surface area contributed by atoms with Crippen molar-refractivity contribution in [2.24, 2.45) is 0 Å². The molecule has 5 rings (SSSR count). The van der Waals surface area contributed by atoms with Crippen LogP contribution < -0.4 is 5.56 Å². The molecule has 1 unspecified atom stereocenters. The van der Waals surface area contributed by atoms with Gasteiger partial charge in [-0.3, -0.25) is 9.69 Å². The third-order valence-corrected chi connectivity index (χ3v) is 6.57. The van der Waals surface area contributed by atoms with E-state index < -0.39 is 6.04 Å². The zero-order valence-electron chi connectivity index (χ0n) is 19.6. The summed E-state index contributed by atoms with van der Waals surface area (Å²) < 4.78 is 15.1. The number of aromatic nitrogens is 5. The van der Waals surface area contributed by atoms with E-state index >= 15 is 0 Å². The fourth-order valence-corrected chi connectivity index (χ4v) is 4.77. The molecular weight excluding hydrogens is 433 g/mol. The monoisotopic (exact) mass is 461 g/mol. The molecule has 176 valence electrons. The Labute approximate surface area is 197 Å². The summed E-state index contributed by atoms with van der Waals surface area (Å²) in [6.45, 7) is 7.80. The fourth-order valence-electron chi connectivity index (χ4n) is 4.77. The van der Waals surface area contributed by atoms with Crippen LogP contribution in [0.1, 0.15) is 34.1 Å². The first kappa shape index (κ1) is 22.4. The molecule has 3 heterocycles. The van der Waals surface area contributed by atoms with Crippen LogP contribution in [0.2, 0.25) is 0 Å². The lowest BCUT2D eigenvalue weighted by atomic mass is 10.00. The van der Waals surface area contributed by atoms with Crippen LogP contribution in [0.5, 0.6) is 0 Å². The number of nitrogens with one attached hydrogen (secondary N) is 1. The van der Waals surface area contributed by atoms with Crippen LogP contribution in [0.25, 0.3) is 10.9 Å². The van der Waals surface area contributed by atoms with Crippen LogP contribution in [0, 0.1) is 19.7 Å². The number of pyridine rings is 1. The average molecular weight is 462 g/mol. The fraction of sp³-hybridized carbons (Fsp3) is 0.360. The molecule has 9 heteroatoms. The van der Waals surface area contributed by atoms with E-state index in [2.05, 4.69) is 56.4 Å². The van der Waals surface area contributed by atoms with Crippen LogP contribution in [0.15, 0.2) is 47.3 Å². The van der Waals surface area contributed by atoms with Crippen molar-refractivity contribution >= 4 is 10.9 Å². The minimum absolute atomic E-state index is 0.139. The summed E-state index contributed by atoms with van der Waals surface area (Å²) in [6.07, 6.45) is 0. The SMILES string of the molecule is Cc1cc(C)c2[nH]c(=O)c(C(c3nnnn3Cc3ccc(F)cc3)N3CCN(C)CC3)cc2c1. The van der Waals surface area contributed by atoms with E-state index in [1.165, 1.54) is 12.1 Å². The number of rotatable bonds is 5. The van der Waals surface area contributed by atoms with Crippen LogP contribution >= 0.6 is 0 Å². The predicted octanol–water partition coefficient (Wildman–Crippen LogP) is 2.66. The Hall–Kier alpha value is -3.43. The summed E-state index contributed by atoms with van der Waals surface area (Å²) in [6, 6.07) is 12.0. The van der Waals surface area contributed by atoms with Crippen LogP contribution in [-0.2, 0) is 6.54 Å². The molecule has 4 aromatic rings. The third kappa shape index (κ3) is 4.36. The number of H-pyrrole nitrogens is 1. The second-order valence-corrected chi connectivity index (χ2v) is 9.16. The quantitative estimate of drug-likeness (QED) is 0.492. The third-order valence-electron chi connectivity index (χ3n) is 6.57. The van der Waals surface area contributed by atoms with Gasteiger partial charge in [0.2, 0.25) is 0 Å². The molecule has 2 aromatic heterocycles. The Kier molecular flexibility index (Phi) is 5.97. The van der Waals surface area contributed by atoms with E-state index in [1.54, 1.807) is 16.8 Å². The molecule has 0 bridgehead atoms. The van der Waals surface area contributed by atoms with Gasteiger partial charge in [-0.2, -0.15) is 0 Å². The average Bonchev–Trinajstić information content (AvgIpc) is 3.25. The number of tetrazole rings is 1. The van der Waals surface area contributed by atoms with Gasteiger partial charge in [0.15, 0.2) is 5.82 Å². The van der Waals surface area contributed by atoms with Crippen molar-refractivity contribution in [1.82, 2.24) is 35.0 Å². The van der Waals surface area contributed by atoms with E-state index in [9.17, 15) is 9.18 Å². The first-order valence-corrected chi connectivity index (χ1v) is 11.5. The molecular formula is C25H28FN7O. The van der Waals surface area contributed by atoms with E-state index in [4.69, 9.17) is 0 Å². The molecule has 1 aliphatic heterocycles. The summed E-state index contributed by atoms with van der Waals surface area (Å²) in [5.74, 6) is 0.312. The molecule has 8 nitrogen and oxygen atoms in total. The molecule has 1 fully saturated rings. The number of benzene rings is 2. The molecule has 2 aromatic carbocycles. The Bertz CT molecular complexity index is 1370. The van der Waals surface area contributed by atoms with Gasteiger partial charge >= 0.3 is 0 Å².